The third-order valence-corrected chi connectivity index (χ3v) is 3.71. The lowest BCUT2D eigenvalue weighted by Crippen LogP contribution is -2.28. The van der Waals surface area contributed by atoms with Gasteiger partial charge in [-0.2, -0.15) is 0 Å². The van der Waals surface area contributed by atoms with Gasteiger partial charge < -0.3 is 14.6 Å². The van der Waals surface area contributed by atoms with Crippen molar-refractivity contribution in [2.75, 3.05) is 0 Å². The molecule has 2 aromatic carbocycles. The number of carbonyl (C=O) groups is 1. The minimum atomic E-state index is -0.282. The Bertz CT molecular complexity index is 878. The lowest BCUT2D eigenvalue weighted by atomic mass is 10.1. The van der Waals surface area contributed by atoms with Crippen LogP contribution in [0.4, 0.5) is 0 Å². The summed E-state index contributed by atoms with van der Waals surface area (Å²) in [5.41, 5.74) is 2.52. The van der Waals surface area contributed by atoms with Crippen molar-refractivity contribution < 1.29 is 9.53 Å². The fourth-order valence-corrected chi connectivity index (χ4v) is 2.62. The van der Waals surface area contributed by atoms with Gasteiger partial charge in [0.1, 0.15) is 17.9 Å². The summed E-state index contributed by atoms with van der Waals surface area (Å²) >= 11 is 0. The number of para-hydroxylation sites is 3. The Hall–Kier alpha value is -2.82. The summed E-state index contributed by atoms with van der Waals surface area (Å²) in [7, 11) is 0. The van der Waals surface area contributed by atoms with Crippen molar-refractivity contribution in [2.24, 2.45) is 0 Å². The van der Waals surface area contributed by atoms with Gasteiger partial charge in [-0.05, 0) is 39.0 Å². The highest BCUT2D eigenvalue weighted by atomic mass is 16.5. The van der Waals surface area contributed by atoms with E-state index in [9.17, 15) is 4.79 Å². The van der Waals surface area contributed by atoms with Gasteiger partial charge in [-0.3, -0.25) is 4.79 Å². The summed E-state index contributed by atoms with van der Waals surface area (Å²) in [5, 5.41) is 2.96. The fourth-order valence-electron chi connectivity index (χ4n) is 2.62. The molecule has 25 heavy (non-hydrogen) atoms. The highest BCUT2D eigenvalue weighted by Crippen LogP contribution is 2.22. The molecule has 0 radical (unpaired) electrons. The fraction of sp³-hybridized carbons (Fsp3) is 0.300. The molecule has 0 aliphatic rings. The SMILES string of the molecule is CC(C)(C)Oc1ccccc1CNC(=O)Cn1cnc2ccccc21. The number of ether oxygens (including phenoxy) is 1. The van der Waals surface area contributed by atoms with E-state index in [-0.39, 0.29) is 18.1 Å². The van der Waals surface area contributed by atoms with Crippen molar-refractivity contribution in [3.8, 4) is 5.75 Å². The Balaban J connectivity index is 1.65. The van der Waals surface area contributed by atoms with Crippen LogP contribution in [0.2, 0.25) is 0 Å². The number of imidazole rings is 1. The minimum absolute atomic E-state index is 0.0614. The zero-order valence-electron chi connectivity index (χ0n) is 14.8. The predicted molar refractivity (Wildman–Crippen MR) is 98.4 cm³/mol. The molecule has 1 N–H and O–H groups in total. The molecule has 0 aliphatic heterocycles. The highest BCUT2D eigenvalue weighted by Gasteiger charge is 2.15. The van der Waals surface area contributed by atoms with E-state index in [0.29, 0.717) is 6.54 Å². The van der Waals surface area contributed by atoms with Gasteiger partial charge in [0.25, 0.3) is 0 Å². The first-order valence-corrected chi connectivity index (χ1v) is 8.36. The lowest BCUT2D eigenvalue weighted by molar-refractivity contribution is -0.121. The number of nitrogens with zero attached hydrogens (tertiary/aromatic N) is 2. The molecule has 0 saturated heterocycles. The molecule has 3 aromatic rings. The van der Waals surface area contributed by atoms with E-state index in [0.717, 1.165) is 22.3 Å². The Morgan fingerprint density at radius 3 is 2.64 bits per heavy atom. The Morgan fingerprint density at radius 1 is 1.12 bits per heavy atom. The monoisotopic (exact) mass is 337 g/mol. The number of carbonyl (C=O) groups excluding carboxylic acids is 1. The standard InChI is InChI=1S/C20H23N3O2/c1-20(2,3)25-18-11-7-4-8-15(18)12-21-19(24)13-23-14-22-16-9-5-6-10-17(16)23/h4-11,14H,12-13H2,1-3H3,(H,21,24). The smallest absolute Gasteiger partial charge is 0.240 e. The maximum atomic E-state index is 12.3. The van der Waals surface area contributed by atoms with Crippen LogP contribution in [-0.2, 0) is 17.9 Å². The first-order valence-electron chi connectivity index (χ1n) is 8.36. The van der Waals surface area contributed by atoms with Crippen molar-refractivity contribution >= 4 is 16.9 Å². The second-order valence-corrected chi connectivity index (χ2v) is 6.96. The third kappa shape index (κ3) is 4.38. The van der Waals surface area contributed by atoms with Crippen LogP contribution >= 0.6 is 0 Å². The number of benzene rings is 2. The second-order valence-electron chi connectivity index (χ2n) is 6.96. The first kappa shape index (κ1) is 17.0. The second kappa shape index (κ2) is 6.97. The van der Waals surface area contributed by atoms with Crippen molar-refractivity contribution in [1.82, 2.24) is 14.9 Å². The van der Waals surface area contributed by atoms with Crippen LogP contribution in [-0.4, -0.2) is 21.1 Å². The van der Waals surface area contributed by atoms with Crippen molar-refractivity contribution in [1.29, 1.82) is 0 Å². The Morgan fingerprint density at radius 2 is 1.84 bits per heavy atom. The molecule has 5 heteroatoms. The summed E-state index contributed by atoms with van der Waals surface area (Å²) in [4.78, 5) is 16.6. The predicted octanol–water partition coefficient (Wildman–Crippen LogP) is 3.53. The van der Waals surface area contributed by atoms with Crippen LogP contribution in [0.25, 0.3) is 11.0 Å². The average Bonchev–Trinajstić information content (AvgIpc) is 2.96. The molecule has 1 amide bonds. The van der Waals surface area contributed by atoms with Crippen molar-refractivity contribution in [3.63, 3.8) is 0 Å². The number of fused-ring (bicyclic) bond motifs is 1. The molecule has 0 atom stereocenters. The first-order chi connectivity index (χ1) is 11.9. The van der Waals surface area contributed by atoms with Gasteiger partial charge >= 0.3 is 0 Å². The maximum absolute atomic E-state index is 12.3. The molecule has 0 spiro atoms. The Kier molecular flexibility index (Phi) is 4.74. The van der Waals surface area contributed by atoms with E-state index in [1.807, 2.05) is 73.9 Å². The maximum Gasteiger partial charge on any atom is 0.240 e. The summed E-state index contributed by atoms with van der Waals surface area (Å²) in [6.45, 7) is 6.69. The molecule has 130 valence electrons. The van der Waals surface area contributed by atoms with Gasteiger partial charge in [-0.25, -0.2) is 4.98 Å². The van der Waals surface area contributed by atoms with Crippen molar-refractivity contribution in [3.05, 3.63) is 60.4 Å². The summed E-state index contributed by atoms with van der Waals surface area (Å²) in [6.07, 6.45) is 1.70. The summed E-state index contributed by atoms with van der Waals surface area (Å²) < 4.78 is 7.81. The van der Waals surface area contributed by atoms with Crippen LogP contribution in [0, 0.1) is 0 Å². The molecule has 1 heterocycles. The number of rotatable bonds is 5. The number of hydrogen-bond acceptors (Lipinski definition) is 3. The molecule has 5 nitrogen and oxygen atoms in total. The van der Waals surface area contributed by atoms with E-state index in [4.69, 9.17) is 4.74 Å². The van der Waals surface area contributed by atoms with Crippen LogP contribution in [0.15, 0.2) is 54.9 Å². The molecular formula is C20H23N3O2. The van der Waals surface area contributed by atoms with Crippen LogP contribution < -0.4 is 10.1 Å². The quantitative estimate of drug-likeness (QED) is 0.775. The van der Waals surface area contributed by atoms with Gasteiger partial charge in [0.2, 0.25) is 5.91 Å². The molecule has 0 fully saturated rings. The highest BCUT2D eigenvalue weighted by molar-refractivity contribution is 5.80. The number of hydrogen-bond donors (Lipinski definition) is 1. The molecule has 0 unspecified atom stereocenters. The molecule has 0 bridgehead atoms. The molecule has 1 aromatic heterocycles. The summed E-state index contributed by atoms with van der Waals surface area (Å²) in [5.74, 6) is 0.733. The van der Waals surface area contributed by atoms with E-state index < -0.39 is 0 Å². The van der Waals surface area contributed by atoms with E-state index in [1.165, 1.54) is 0 Å². The number of amides is 1. The van der Waals surface area contributed by atoms with Gasteiger partial charge in [-0.15, -0.1) is 0 Å². The number of nitrogens with one attached hydrogen (secondary N) is 1. The van der Waals surface area contributed by atoms with E-state index in [1.54, 1.807) is 6.33 Å². The molecule has 0 aliphatic carbocycles. The molecule has 0 saturated carbocycles. The van der Waals surface area contributed by atoms with E-state index in [2.05, 4.69) is 10.3 Å². The molecular weight excluding hydrogens is 314 g/mol. The van der Waals surface area contributed by atoms with Gasteiger partial charge in [-0.1, -0.05) is 30.3 Å². The minimum Gasteiger partial charge on any atom is -0.488 e. The van der Waals surface area contributed by atoms with Crippen LogP contribution in [0.5, 0.6) is 5.75 Å². The number of aromatic nitrogens is 2. The van der Waals surface area contributed by atoms with E-state index >= 15 is 0 Å². The zero-order valence-corrected chi connectivity index (χ0v) is 14.8. The normalized spacial score (nSPS) is 11.5. The van der Waals surface area contributed by atoms with Crippen LogP contribution in [0.3, 0.4) is 0 Å². The zero-order chi connectivity index (χ0) is 17.9. The van der Waals surface area contributed by atoms with Gasteiger partial charge in [0.15, 0.2) is 0 Å². The lowest BCUT2D eigenvalue weighted by Gasteiger charge is -2.23. The van der Waals surface area contributed by atoms with Gasteiger partial charge in [0.05, 0.1) is 17.4 Å². The van der Waals surface area contributed by atoms with Gasteiger partial charge in [0, 0.05) is 12.1 Å². The summed E-state index contributed by atoms with van der Waals surface area (Å²) in [6, 6.07) is 15.5. The average molecular weight is 337 g/mol. The largest absolute Gasteiger partial charge is 0.488 e. The third-order valence-electron chi connectivity index (χ3n) is 3.71. The van der Waals surface area contributed by atoms with Crippen LogP contribution in [0.1, 0.15) is 26.3 Å². The van der Waals surface area contributed by atoms with Crippen molar-refractivity contribution in [2.45, 2.75) is 39.5 Å². The Labute approximate surface area is 147 Å². The molecule has 3 rings (SSSR count). The topological polar surface area (TPSA) is 56.1 Å².